The second kappa shape index (κ2) is 8.96. The lowest BCUT2D eigenvalue weighted by Crippen LogP contribution is -2.45. The zero-order valence-electron chi connectivity index (χ0n) is 13.6. The number of hydrogen-bond acceptors (Lipinski definition) is 5. The largest absolute Gasteiger partial charge is 0.467 e. The van der Waals surface area contributed by atoms with Crippen LogP contribution in [0.5, 0.6) is 0 Å². The van der Waals surface area contributed by atoms with Crippen LogP contribution in [0, 0.1) is 0 Å². The summed E-state index contributed by atoms with van der Waals surface area (Å²) in [5.41, 5.74) is 8.20. The van der Waals surface area contributed by atoms with Gasteiger partial charge < -0.3 is 20.3 Å². The Hall–Kier alpha value is -2.05. The molecule has 0 heterocycles. The summed E-state index contributed by atoms with van der Waals surface area (Å²) >= 11 is 0. The average Bonchev–Trinajstić information content (AvgIpc) is 2.40. The minimum absolute atomic E-state index is 0.107. The summed E-state index contributed by atoms with van der Waals surface area (Å²) in [5, 5.41) is 2.24. The van der Waals surface area contributed by atoms with E-state index in [9.17, 15) is 14.4 Å². The van der Waals surface area contributed by atoms with Gasteiger partial charge in [-0.15, -0.1) is 0 Å². The van der Waals surface area contributed by atoms with Crippen LogP contribution in [0.4, 0.5) is 0 Å². The van der Waals surface area contributed by atoms with E-state index in [4.69, 9.17) is 9.64 Å². The predicted octanol–water partition coefficient (Wildman–Crippen LogP) is -0.671. The van der Waals surface area contributed by atoms with E-state index in [-0.39, 0.29) is 12.8 Å². The highest BCUT2D eigenvalue weighted by Gasteiger charge is 2.24. The first-order chi connectivity index (χ1) is 10.1. The number of esters is 1. The maximum atomic E-state index is 11.8. The van der Waals surface area contributed by atoms with Crippen LogP contribution in [0.25, 0.3) is 5.53 Å². The molecule has 1 N–H and O–H groups in total. The number of hydrogen-bond donors (Lipinski definition) is 1. The molecule has 106 valence electrons. The molecule has 19 heavy (non-hydrogen) atoms. The van der Waals surface area contributed by atoms with Gasteiger partial charge in [0.05, 0.1) is 11.2 Å². The van der Waals surface area contributed by atoms with E-state index in [0.717, 1.165) is 7.11 Å². The molecule has 0 aliphatic carbocycles. The second-order valence-electron chi connectivity index (χ2n) is 3.59. The van der Waals surface area contributed by atoms with Crippen LogP contribution >= 0.6 is 0 Å². The number of nitrogens with one attached hydrogen (secondary N) is 1. The van der Waals surface area contributed by atoms with Crippen molar-refractivity contribution in [2.24, 2.45) is 0 Å². The fourth-order valence-electron chi connectivity index (χ4n) is 1.15. The molecule has 0 saturated heterocycles. The Bertz CT molecular complexity index is 474. The van der Waals surface area contributed by atoms with Crippen LogP contribution in [0.1, 0.15) is 23.9 Å². The molecule has 0 rings (SSSR count). The Morgan fingerprint density at radius 3 is 2.74 bits per heavy atom. The fraction of sp³-hybridized carbons (Fsp3) is 0.636. The monoisotopic (exact) mass is 274 g/mol. The van der Waals surface area contributed by atoms with E-state index in [2.05, 4.69) is 19.6 Å². The van der Waals surface area contributed by atoms with Gasteiger partial charge in [0.25, 0.3) is 0 Å². The van der Waals surface area contributed by atoms with Crippen LogP contribution < -0.4 is 5.32 Å². The molecule has 1 amide bonds. The molecular weight excluding hydrogens is 254 g/mol. The molecule has 8 heteroatoms. The topological polar surface area (TPSA) is 118 Å². The molecule has 0 unspecified atom stereocenters. The van der Waals surface area contributed by atoms with E-state index in [1.165, 1.54) is 6.92 Å². The van der Waals surface area contributed by atoms with Gasteiger partial charge in [-0.3, -0.25) is 9.59 Å². The number of nitrogens with zero attached hydrogens (tertiary/aromatic N) is 2. The van der Waals surface area contributed by atoms with E-state index in [1.54, 1.807) is 0 Å². The Morgan fingerprint density at radius 2 is 2.21 bits per heavy atom. The second-order valence-corrected chi connectivity index (χ2v) is 3.59. The summed E-state index contributed by atoms with van der Waals surface area (Å²) in [5.74, 6) is -2.20. The third-order valence-corrected chi connectivity index (χ3v) is 2.23. The summed E-state index contributed by atoms with van der Waals surface area (Å²) in [4.78, 5) is 37.1. The lowest BCUT2D eigenvalue weighted by Gasteiger charge is -2.17. The van der Waals surface area contributed by atoms with Crippen molar-refractivity contribution in [1.29, 1.82) is 0 Å². The van der Waals surface area contributed by atoms with Gasteiger partial charge in [0.2, 0.25) is 11.7 Å². The van der Waals surface area contributed by atoms with Gasteiger partial charge >= 0.3 is 12.2 Å². The van der Waals surface area contributed by atoms with Gasteiger partial charge in [0, 0.05) is 13.5 Å². The standard InChI is InChI=1S/C11H17N3O5/c1-7(18-2)10(16)14-9(11(17)19-3)5-4-8(15)6-13-12/h6-7,9H,4-5H2,1-3H3,(H,14,16)/t7-,9-/m0/s1/i2D3. The van der Waals surface area contributed by atoms with Crippen LogP contribution in [0.3, 0.4) is 0 Å². The molecule has 0 spiro atoms. The summed E-state index contributed by atoms with van der Waals surface area (Å²) in [6.45, 7) is 1.21. The molecule has 2 atom stereocenters. The van der Waals surface area contributed by atoms with Gasteiger partial charge in [-0.1, -0.05) is 0 Å². The molecule has 0 saturated carbocycles. The average molecular weight is 274 g/mol. The lowest BCUT2D eigenvalue weighted by atomic mass is 10.1. The molecule has 0 aromatic heterocycles. The number of carbonyl (C=O) groups excluding carboxylic acids is 3. The zero-order valence-corrected chi connectivity index (χ0v) is 10.6. The van der Waals surface area contributed by atoms with Crippen molar-refractivity contribution < 1.29 is 32.8 Å². The van der Waals surface area contributed by atoms with Crippen LogP contribution in [-0.2, 0) is 23.9 Å². The number of amides is 1. The van der Waals surface area contributed by atoms with E-state index in [0.29, 0.717) is 6.21 Å². The smallest absolute Gasteiger partial charge is 0.328 e. The first-order valence-electron chi connectivity index (χ1n) is 6.87. The van der Waals surface area contributed by atoms with Crippen molar-refractivity contribution in [3.8, 4) is 0 Å². The Kier molecular flexibility index (Phi) is 5.66. The van der Waals surface area contributed by atoms with Crippen LogP contribution in [-0.4, -0.2) is 55.0 Å². The number of Topliss-reactive ketones (excluding diaryl/α,β-unsaturated/α-hetero) is 1. The number of rotatable bonds is 8. The molecule has 0 aromatic rings. The van der Waals surface area contributed by atoms with Crippen molar-refractivity contribution in [3.63, 3.8) is 0 Å². The molecule has 8 nitrogen and oxygen atoms in total. The highest BCUT2D eigenvalue weighted by atomic mass is 16.5. The minimum atomic E-state index is -2.76. The normalized spacial score (nSPS) is 15.8. The van der Waals surface area contributed by atoms with Gasteiger partial charge in [0.1, 0.15) is 12.1 Å². The molecule has 0 aliphatic rings. The Morgan fingerprint density at radius 1 is 1.53 bits per heavy atom. The first-order valence-corrected chi connectivity index (χ1v) is 5.37. The number of methoxy groups -OCH3 is 2. The molecular formula is C11H17N3O5. The molecule has 0 radical (unpaired) electrons. The predicted molar refractivity (Wildman–Crippen MR) is 64.3 cm³/mol. The van der Waals surface area contributed by atoms with Crippen LogP contribution in [0.2, 0.25) is 0 Å². The summed E-state index contributed by atoms with van der Waals surface area (Å²) < 4.78 is 29.7. The maximum absolute atomic E-state index is 11.8. The van der Waals surface area contributed by atoms with Gasteiger partial charge in [-0.05, 0) is 13.3 Å². The lowest BCUT2D eigenvalue weighted by molar-refractivity contribution is -0.146. The maximum Gasteiger partial charge on any atom is 0.328 e. The van der Waals surface area contributed by atoms with Gasteiger partial charge in [-0.25, -0.2) is 4.79 Å². The highest BCUT2D eigenvalue weighted by molar-refractivity contribution is 6.25. The van der Waals surface area contributed by atoms with E-state index >= 15 is 0 Å². The van der Waals surface area contributed by atoms with E-state index in [1.807, 2.05) is 0 Å². The third kappa shape index (κ3) is 6.44. The van der Waals surface area contributed by atoms with Crippen molar-refractivity contribution in [1.82, 2.24) is 5.32 Å². The van der Waals surface area contributed by atoms with Crippen molar-refractivity contribution >= 4 is 23.9 Å². The van der Waals surface area contributed by atoms with Crippen molar-refractivity contribution in [2.75, 3.05) is 14.1 Å². The quantitative estimate of drug-likeness (QED) is 0.272. The van der Waals surface area contributed by atoms with Crippen LogP contribution in [0.15, 0.2) is 0 Å². The highest BCUT2D eigenvalue weighted by Crippen LogP contribution is 2.01. The minimum Gasteiger partial charge on any atom is -0.467 e. The number of carbonyl (C=O) groups is 3. The fourth-order valence-corrected chi connectivity index (χ4v) is 1.15. The van der Waals surface area contributed by atoms with Gasteiger partial charge in [-0.2, -0.15) is 4.79 Å². The summed E-state index contributed by atoms with van der Waals surface area (Å²) in [6, 6.07) is -1.16. The first kappa shape index (κ1) is 12.0. The SMILES string of the molecule is [2H]C([2H])([2H])O[C@@H](C)C(=O)N[C@@H](CCC(=O)C=[N+]=[N-])C(=O)OC. The molecule has 0 aromatic carbocycles. The summed E-state index contributed by atoms with van der Waals surface area (Å²) in [7, 11) is -1.66. The zero-order chi connectivity index (χ0) is 17.3. The van der Waals surface area contributed by atoms with E-state index < -0.39 is 36.8 Å². The van der Waals surface area contributed by atoms with Crippen molar-refractivity contribution in [2.45, 2.75) is 31.9 Å². The number of ether oxygens (including phenoxy) is 2. The number of ketones is 1. The molecule has 0 fully saturated rings. The van der Waals surface area contributed by atoms with Crippen molar-refractivity contribution in [3.05, 3.63) is 5.53 Å². The Labute approximate surface area is 114 Å². The van der Waals surface area contributed by atoms with Gasteiger partial charge in [0.15, 0.2) is 0 Å². The Balaban J connectivity index is 4.71. The molecule has 0 bridgehead atoms. The summed E-state index contributed by atoms with van der Waals surface area (Å²) in [6.07, 6.45) is -0.951. The third-order valence-electron chi connectivity index (χ3n) is 2.23. The molecule has 0 aliphatic heterocycles.